The first-order valence-corrected chi connectivity index (χ1v) is 7.83. The molecule has 0 radical (unpaired) electrons. The molecule has 0 saturated carbocycles. The molecule has 114 valence electrons. The van der Waals surface area contributed by atoms with Crippen LogP contribution in [0.25, 0.3) is 10.9 Å². The summed E-state index contributed by atoms with van der Waals surface area (Å²) in [5, 5.41) is 1.40. The summed E-state index contributed by atoms with van der Waals surface area (Å²) in [6.45, 7) is 1.20. The van der Waals surface area contributed by atoms with Gasteiger partial charge in [-0.25, -0.2) is 4.98 Å². The van der Waals surface area contributed by atoms with Gasteiger partial charge in [0.15, 0.2) is 0 Å². The minimum Gasteiger partial charge on any atom is -0.347 e. The number of alkyl halides is 4. The molecule has 0 aliphatic carbocycles. The third-order valence-corrected chi connectivity index (χ3v) is 3.69. The van der Waals surface area contributed by atoms with Gasteiger partial charge < -0.3 is 4.90 Å². The zero-order valence-corrected chi connectivity index (χ0v) is 13.2. The van der Waals surface area contributed by atoms with Crippen molar-refractivity contribution in [2.45, 2.75) is 24.9 Å². The zero-order chi connectivity index (χ0) is 15.5. The lowest BCUT2D eigenvalue weighted by Crippen LogP contribution is -2.36. The van der Waals surface area contributed by atoms with Crippen molar-refractivity contribution in [3.63, 3.8) is 0 Å². The number of aromatic nitrogens is 1. The fourth-order valence-corrected chi connectivity index (χ4v) is 2.68. The largest absolute Gasteiger partial charge is 0.405 e. The normalized spacial score (nSPS) is 11.9. The van der Waals surface area contributed by atoms with Gasteiger partial charge in [0, 0.05) is 22.8 Å². The molecule has 0 spiro atoms. The van der Waals surface area contributed by atoms with E-state index in [4.69, 9.17) is 0 Å². The van der Waals surface area contributed by atoms with E-state index in [2.05, 4.69) is 20.9 Å². The molecule has 2 aromatic rings. The molecule has 0 saturated heterocycles. The van der Waals surface area contributed by atoms with Crippen LogP contribution in [-0.2, 0) is 5.33 Å². The van der Waals surface area contributed by atoms with E-state index >= 15 is 0 Å². The Morgan fingerprint density at radius 3 is 2.57 bits per heavy atom. The SMILES string of the molecule is CCCN(CC(F)(F)F)c1nc2ccccc2cc1CBr. The van der Waals surface area contributed by atoms with E-state index < -0.39 is 12.7 Å². The highest BCUT2D eigenvalue weighted by molar-refractivity contribution is 9.08. The van der Waals surface area contributed by atoms with E-state index in [1.54, 1.807) is 0 Å². The molecule has 0 aliphatic heterocycles. The minimum atomic E-state index is -4.24. The van der Waals surface area contributed by atoms with Crippen LogP contribution >= 0.6 is 15.9 Å². The summed E-state index contributed by atoms with van der Waals surface area (Å²) < 4.78 is 38.3. The number of anilines is 1. The average Bonchev–Trinajstić information content (AvgIpc) is 2.44. The number of nitrogens with zero attached hydrogens (tertiary/aromatic N) is 2. The molecule has 2 rings (SSSR count). The van der Waals surface area contributed by atoms with Gasteiger partial charge in [0.1, 0.15) is 12.4 Å². The molecule has 1 aromatic heterocycles. The van der Waals surface area contributed by atoms with Gasteiger partial charge >= 0.3 is 6.18 Å². The van der Waals surface area contributed by atoms with Crippen LogP contribution in [0.5, 0.6) is 0 Å². The maximum atomic E-state index is 12.8. The Kier molecular flexibility index (Phi) is 5.08. The van der Waals surface area contributed by atoms with E-state index in [0.29, 0.717) is 29.6 Å². The average molecular weight is 361 g/mol. The van der Waals surface area contributed by atoms with Crippen molar-refractivity contribution in [3.05, 3.63) is 35.9 Å². The molecule has 0 unspecified atom stereocenters. The van der Waals surface area contributed by atoms with Crippen molar-refractivity contribution in [1.82, 2.24) is 4.98 Å². The Hall–Kier alpha value is -1.30. The topological polar surface area (TPSA) is 16.1 Å². The molecule has 0 fully saturated rings. The summed E-state index contributed by atoms with van der Waals surface area (Å²) in [5.74, 6) is 0.407. The van der Waals surface area contributed by atoms with E-state index in [1.165, 1.54) is 4.90 Å². The van der Waals surface area contributed by atoms with Gasteiger partial charge in [0.25, 0.3) is 0 Å². The Morgan fingerprint density at radius 1 is 1.24 bits per heavy atom. The zero-order valence-electron chi connectivity index (χ0n) is 11.6. The predicted molar refractivity (Wildman–Crippen MR) is 82.9 cm³/mol. The van der Waals surface area contributed by atoms with Crippen LogP contribution in [0.2, 0.25) is 0 Å². The van der Waals surface area contributed by atoms with Gasteiger partial charge in [-0.3, -0.25) is 0 Å². The molecule has 0 amide bonds. The van der Waals surface area contributed by atoms with Gasteiger partial charge in [-0.2, -0.15) is 13.2 Å². The molecule has 1 aromatic carbocycles. The Labute approximate surface area is 130 Å². The number of rotatable bonds is 5. The second-order valence-corrected chi connectivity index (χ2v) is 5.39. The lowest BCUT2D eigenvalue weighted by atomic mass is 10.1. The Bertz CT molecular complexity index is 613. The van der Waals surface area contributed by atoms with Crippen LogP contribution in [0.4, 0.5) is 19.0 Å². The standard InChI is InChI=1S/C15H16BrF3N2/c1-2-7-21(10-15(17,18)19)14-12(9-16)8-11-5-3-4-6-13(11)20-14/h3-6,8H,2,7,9-10H2,1H3. The second kappa shape index (κ2) is 6.64. The van der Waals surface area contributed by atoms with Crippen LogP contribution in [-0.4, -0.2) is 24.2 Å². The summed E-state index contributed by atoms with van der Waals surface area (Å²) in [4.78, 5) is 5.75. The molecule has 0 aliphatic rings. The fraction of sp³-hybridized carbons (Fsp3) is 0.400. The Morgan fingerprint density at radius 2 is 1.95 bits per heavy atom. The van der Waals surface area contributed by atoms with Crippen molar-refractivity contribution in [2.24, 2.45) is 0 Å². The van der Waals surface area contributed by atoms with Gasteiger partial charge in [0.05, 0.1) is 5.52 Å². The summed E-state index contributed by atoms with van der Waals surface area (Å²) >= 11 is 3.35. The minimum absolute atomic E-state index is 0.324. The van der Waals surface area contributed by atoms with Gasteiger partial charge in [0.2, 0.25) is 0 Å². The summed E-state index contributed by atoms with van der Waals surface area (Å²) in [6, 6.07) is 9.34. The first-order valence-electron chi connectivity index (χ1n) is 6.71. The quantitative estimate of drug-likeness (QED) is 0.704. The lowest BCUT2D eigenvalue weighted by molar-refractivity contribution is -0.119. The Balaban J connectivity index is 2.49. The molecule has 0 atom stereocenters. The van der Waals surface area contributed by atoms with Crippen LogP contribution in [0.1, 0.15) is 18.9 Å². The third-order valence-electron chi connectivity index (χ3n) is 3.09. The monoisotopic (exact) mass is 360 g/mol. The molecular formula is C15H16BrF3N2. The molecule has 0 bridgehead atoms. The van der Waals surface area contributed by atoms with E-state index in [-0.39, 0.29) is 0 Å². The molecule has 1 heterocycles. The number of hydrogen-bond acceptors (Lipinski definition) is 2. The van der Waals surface area contributed by atoms with E-state index in [0.717, 1.165) is 10.9 Å². The highest BCUT2D eigenvalue weighted by atomic mass is 79.9. The van der Waals surface area contributed by atoms with Crippen LogP contribution in [0.15, 0.2) is 30.3 Å². The van der Waals surface area contributed by atoms with Gasteiger partial charge in [-0.05, 0) is 18.6 Å². The number of halogens is 4. The number of para-hydroxylation sites is 1. The van der Waals surface area contributed by atoms with E-state index in [9.17, 15) is 13.2 Å². The molecule has 2 nitrogen and oxygen atoms in total. The summed E-state index contributed by atoms with van der Waals surface area (Å²) in [5.41, 5.74) is 1.48. The van der Waals surface area contributed by atoms with Gasteiger partial charge in [-0.15, -0.1) is 0 Å². The maximum absolute atomic E-state index is 12.8. The summed E-state index contributed by atoms with van der Waals surface area (Å²) in [6.07, 6.45) is -3.61. The predicted octanol–water partition coefficient (Wildman–Crippen LogP) is 4.91. The first-order chi connectivity index (χ1) is 9.94. The first kappa shape index (κ1) is 16.1. The second-order valence-electron chi connectivity index (χ2n) is 4.83. The van der Waals surface area contributed by atoms with Crippen molar-refractivity contribution in [1.29, 1.82) is 0 Å². The van der Waals surface area contributed by atoms with Crippen molar-refractivity contribution in [2.75, 3.05) is 18.0 Å². The lowest BCUT2D eigenvalue weighted by Gasteiger charge is -2.26. The molecule has 6 heteroatoms. The highest BCUT2D eigenvalue weighted by Gasteiger charge is 2.31. The number of fused-ring (bicyclic) bond motifs is 1. The van der Waals surface area contributed by atoms with Crippen molar-refractivity contribution in [3.8, 4) is 0 Å². The third kappa shape index (κ3) is 4.09. The highest BCUT2D eigenvalue weighted by Crippen LogP contribution is 2.28. The number of pyridine rings is 1. The van der Waals surface area contributed by atoms with E-state index in [1.807, 2.05) is 37.3 Å². The molecule has 0 N–H and O–H groups in total. The van der Waals surface area contributed by atoms with Crippen molar-refractivity contribution < 1.29 is 13.2 Å². The smallest absolute Gasteiger partial charge is 0.347 e. The molecular weight excluding hydrogens is 345 g/mol. The van der Waals surface area contributed by atoms with Crippen molar-refractivity contribution >= 4 is 32.7 Å². The maximum Gasteiger partial charge on any atom is 0.405 e. The van der Waals surface area contributed by atoms with Crippen LogP contribution in [0.3, 0.4) is 0 Å². The van der Waals surface area contributed by atoms with Crippen LogP contribution < -0.4 is 4.90 Å². The van der Waals surface area contributed by atoms with Crippen LogP contribution in [0, 0.1) is 0 Å². The number of benzene rings is 1. The molecule has 21 heavy (non-hydrogen) atoms. The summed E-state index contributed by atoms with van der Waals surface area (Å²) in [7, 11) is 0. The fourth-order valence-electron chi connectivity index (χ4n) is 2.27. The number of hydrogen-bond donors (Lipinski definition) is 0. The van der Waals surface area contributed by atoms with Gasteiger partial charge in [-0.1, -0.05) is 41.1 Å².